The SMILES string of the molecule is CCCCNc1c2c3c4c(c(OC)c(O)c5c(=O)cc(OC)c(c6c(OC)c7c(c(c1=O)c36)NCCS7)c54)C(C(C)=O)C(C)=C2. The normalized spacial score (nSPS) is 15.8. The van der Waals surface area contributed by atoms with E-state index in [0.29, 0.717) is 84.6 Å². The summed E-state index contributed by atoms with van der Waals surface area (Å²) in [6.07, 6.45) is 3.69. The number of phenolic OH excluding ortho intramolecular Hbond substituents is 1. The van der Waals surface area contributed by atoms with Crippen molar-refractivity contribution in [2.75, 3.05) is 50.8 Å². The number of thioether (sulfide) groups is 1. The Hall–Kier alpha value is -4.44. The van der Waals surface area contributed by atoms with Gasteiger partial charge in [0.15, 0.2) is 16.9 Å². The van der Waals surface area contributed by atoms with Crippen LogP contribution in [0.1, 0.15) is 50.7 Å². The van der Waals surface area contributed by atoms with Gasteiger partial charge >= 0.3 is 0 Å². The second-order valence-electron chi connectivity index (χ2n) is 11.7. The van der Waals surface area contributed by atoms with Crippen molar-refractivity contribution < 1.29 is 24.1 Å². The van der Waals surface area contributed by atoms with E-state index in [2.05, 4.69) is 17.6 Å². The number of methoxy groups -OCH3 is 3. The van der Waals surface area contributed by atoms with Gasteiger partial charge in [0.1, 0.15) is 17.3 Å². The predicted molar refractivity (Wildman–Crippen MR) is 182 cm³/mol. The zero-order chi connectivity index (χ0) is 31.9. The number of allylic oxidation sites excluding steroid dienone is 1. The molecule has 0 saturated carbocycles. The minimum absolute atomic E-state index is 0.0604. The van der Waals surface area contributed by atoms with Crippen molar-refractivity contribution in [1.82, 2.24) is 0 Å². The topological polar surface area (TPSA) is 123 Å². The minimum Gasteiger partial charge on any atom is -0.504 e. The van der Waals surface area contributed by atoms with Crippen LogP contribution in [-0.2, 0) is 4.79 Å². The van der Waals surface area contributed by atoms with Crippen molar-refractivity contribution in [1.29, 1.82) is 0 Å². The zero-order valence-corrected chi connectivity index (χ0v) is 26.9. The van der Waals surface area contributed by atoms with Gasteiger partial charge in [-0.15, -0.1) is 11.8 Å². The first kappa shape index (κ1) is 29.3. The fourth-order valence-corrected chi connectivity index (χ4v) is 8.59. The molecule has 2 aliphatic rings. The van der Waals surface area contributed by atoms with E-state index < -0.39 is 11.3 Å². The summed E-state index contributed by atoms with van der Waals surface area (Å²) in [4.78, 5) is 43.0. The summed E-state index contributed by atoms with van der Waals surface area (Å²) in [7, 11) is 4.51. The lowest BCUT2D eigenvalue weighted by Crippen LogP contribution is -2.19. The third kappa shape index (κ3) is 3.78. The molecule has 0 bridgehead atoms. The lowest BCUT2D eigenvalue weighted by molar-refractivity contribution is -0.117. The van der Waals surface area contributed by atoms with Crippen LogP contribution in [0.15, 0.2) is 26.1 Å². The number of anilines is 2. The molecule has 1 heterocycles. The number of unbranched alkanes of at least 4 members (excludes halogenated alkanes) is 1. The average Bonchev–Trinajstić information content (AvgIpc) is 3.15. The second kappa shape index (κ2) is 10.6. The molecule has 5 aromatic rings. The number of phenols is 1. The molecule has 1 aliphatic carbocycles. The Morgan fingerprint density at radius 2 is 1.73 bits per heavy atom. The van der Waals surface area contributed by atoms with E-state index in [1.165, 1.54) is 27.2 Å². The first-order chi connectivity index (χ1) is 21.7. The van der Waals surface area contributed by atoms with Crippen LogP contribution in [0, 0.1) is 0 Å². The number of hydrogen-bond acceptors (Lipinski definition) is 10. The van der Waals surface area contributed by atoms with Gasteiger partial charge in [0, 0.05) is 63.0 Å². The van der Waals surface area contributed by atoms with Gasteiger partial charge in [-0.1, -0.05) is 25.0 Å². The summed E-state index contributed by atoms with van der Waals surface area (Å²) < 4.78 is 17.9. The average molecular weight is 627 g/mol. The Labute approximate surface area is 263 Å². The van der Waals surface area contributed by atoms with E-state index in [0.717, 1.165) is 23.5 Å². The molecule has 0 spiro atoms. The van der Waals surface area contributed by atoms with Crippen LogP contribution < -0.4 is 35.7 Å². The van der Waals surface area contributed by atoms with E-state index >= 15 is 0 Å². The molecule has 1 aliphatic heterocycles. The minimum atomic E-state index is -0.810. The molecule has 9 nitrogen and oxygen atoms in total. The summed E-state index contributed by atoms with van der Waals surface area (Å²) in [5.74, 6) is 0.355. The Kier molecular flexibility index (Phi) is 6.88. The smallest absolute Gasteiger partial charge is 0.212 e. The van der Waals surface area contributed by atoms with Gasteiger partial charge < -0.3 is 30.0 Å². The summed E-state index contributed by atoms with van der Waals surface area (Å²) in [6, 6.07) is 1.35. The molecule has 232 valence electrons. The van der Waals surface area contributed by atoms with Gasteiger partial charge in [-0.3, -0.25) is 14.4 Å². The van der Waals surface area contributed by atoms with Crippen molar-refractivity contribution in [3.8, 4) is 23.0 Å². The highest BCUT2D eigenvalue weighted by atomic mass is 32.2. The van der Waals surface area contributed by atoms with Gasteiger partial charge in [0.2, 0.25) is 5.43 Å². The largest absolute Gasteiger partial charge is 0.504 e. The molecular weight excluding hydrogens is 592 g/mol. The highest BCUT2D eigenvalue weighted by molar-refractivity contribution is 7.99. The molecule has 3 N–H and O–H groups in total. The van der Waals surface area contributed by atoms with Crippen LogP contribution in [0.3, 0.4) is 0 Å². The predicted octanol–water partition coefficient (Wildman–Crippen LogP) is 6.45. The third-order valence-electron chi connectivity index (χ3n) is 9.26. The number of fused-ring (bicyclic) bond motifs is 3. The van der Waals surface area contributed by atoms with Gasteiger partial charge in [-0.25, -0.2) is 0 Å². The number of hydrogen-bond donors (Lipinski definition) is 3. The lowest BCUT2D eigenvalue weighted by atomic mass is 9.80. The number of ketones is 1. The van der Waals surface area contributed by atoms with Crippen molar-refractivity contribution in [2.24, 2.45) is 0 Å². The molecule has 0 amide bonds. The van der Waals surface area contributed by atoms with E-state index in [4.69, 9.17) is 14.2 Å². The van der Waals surface area contributed by atoms with Gasteiger partial charge in [-0.2, -0.15) is 0 Å². The van der Waals surface area contributed by atoms with Crippen LogP contribution >= 0.6 is 11.8 Å². The Balaban J connectivity index is 1.95. The molecule has 1 atom stereocenters. The number of ether oxygens (including phenoxy) is 3. The molecule has 0 saturated heterocycles. The summed E-state index contributed by atoms with van der Waals surface area (Å²) in [5.41, 5.74) is 2.30. The van der Waals surface area contributed by atoms with Gasteiger partial charge in [0.05, 0.1) is 54.3 Å². The maximum atomic E-state index is 14.8. The highest BCUT2D eigenvalue weighted by Gasteiger charge is 2.38. The maximum Gasteiger partial charge on any atom is 0.212 e. The van der Waals surface area contributed by atoms with Crippen LogP contribution in [0.5, 0.6) is 23.0 Å². The fourth-order valence-electron chi connectivity index (χ4n) is 7.55. The van der Waals surface area contributed by atoms with Crippen LogP contribution in [-0.4, -0.2) is 51.1 Å². The molecule has 45 heavy (non-hydrogen) atoms. The van der Waals surface area contributed by atoms with Crippen molar-refractivity contribution in [2.45, 2.75) is 44.4 Å². The quantitative estimate of drug-likeness (QED) is 0.101. The number of Topliss-reactive ketones (excluding diaryl/α,β-unsaturated/α-hetero) is 1. The molecular formula is C35H34N2O7S. The molecule has 7 rings (SSSR count). The standard InChI is InChI=1S/C35H34N2O7S/c1-7-8-9-36-29-16-12-14(2)19(15(3)38)26-23-20(16)24-27(34(44-6)35-30(28(24)31(29)40)37-10-11-45-35)22-18(42-4)13-17(39)21(25(22)23)32(41)33(26)43-5/h12-13,19,36-37,41H,7-11H2,1-6H3. The molecule has 5 aromatic carbocycles. The van der Waals surface area contributed by atoms with Crippen LogP contribution in [0.25, 0.3) is 49.2 Å². The Morgan fingerprint density at radius 3 is 2.40 bits per heavy atom. The van der Waals surface area contributed by atoms with E-state index in [9.17, 15) is 19.5 Å². The van der Waals surface area contributed by atoms with E-state index in [-0.39, 0.29) is 33.8 Å². The third-order valence-corrected chi connectivity index (χ3v) is 10.3. The zero-order valence-electron chi connectivity index (χ0n) is 26.1. The van der Waals surface area contributed by atoms with Crippen LogP contribution in [0.2, 0.25) is 0 Å². The number of nitrogens with one attached hydrogen (secondary N) is 2. The van der Waals surface area contributed by atoms with Crippen LogP contribution in [0.4, 0.5) is 11.4 Å². The second-order valence-corrected chi connectivity index (χ2v) is 12.8. The number of aromatic hydroxyl groups is 1. The molecule has 1 unspecified atom stereocenters. The highest BCUT2D eigenvalue weighted by Crippen LogP contribution is 2.59. The first-order valence-electron chi connectivity index (χ1n) is 15.1. The molecule has 0 aromatic heterocycles. The Bertz CT molecular complexity index is 2240. The van der Waals surface area contributed by atoms with Crippen molar-refractivity contribution in [3.05, 3.63) is 43.2 Å². The first-order valence-corrected chi connectivity index (χ1v) is 16.1. The number of carbonyl (C=O) groups excluding carboxylic acids is 1. The summed E-state index contributed by atoms with van der Waals surface area (Å²) in [5, 5.41) is 22.8. The number of benzene rings is 5. The molecule has 0 fully saturated rings. The van der Waals surface area contributed by atoms with E-state index in [1.807, 2.05) is 13.0 Å². The molecule has 0 radical (unpaired) electrons. The molecule has 10 heteroatoms. The number of carbonyl (C=O) groups is 1. The fraction of sp³-hybridized carbons (Fsp3) is 0.343. The van der Waals surface area contributed by atoms with Gasteiger partial charge in [0.25, 0.3) is 0 Å². The van der Waals surface area contributed by atoms with E-state index in [1.54, 1.807) is 18.9 Å². The maximum absolute atomic E-state index is 14.8. The van der Waals surface area contributed by atoms with Crippen molar-refractivity contribution in [3.63, 3.8) is 0 Å². The van der Waals surface area contributed by atoms with Crippen molar-refractivity contribution >= 4 is 78.1 Å². The van der Waals surface area contributed by atoms with Gasteiger partial charge in [-0.05, 0) is 25.7 Å². The monoisotopic (exact) mass is 626 g/mol. The summed E-state index contributed by atoms with van der Waals surface area (Å²) in [6.45, 7) is 6.69. The number of rotatable bonds is 8. The Morgan fingerprint density at radius 1 is 1.00 bits per heavy atom. The summed E-state index contributed by atoms with van der Waals surface area (Å²) >= 11 is 1.60. The lowest BCUT2D eigenvalue weighted by Gasteiger charge is -2.28.